The van der Waals surface area contributed by atoms with E-state index in [9.17, 15) is 9.59 Å². The summed E-state index contributed by atoms with van der Waals surface area (Å²) in [4.78, 5) is 32.2. The first kappa shape index (κ1) is 17.8. The van der Waals surface area contributed by atoms with Crippen molar-refractivity contribution in [2.45, 2.75) is 11.7 Å². The Morgan fingerprint density at radius 3 is 2.60 bits per heavy atom. The Morgan fingerprint density at radius 1 is 1.32 bits per heavy atom. The van der Waals surface area contributed by atoms with Crippen LogP contribution in [-0.2, 0) is 14.3 Å². The summed E-state index contributed by atoms with van der Waals surface area (Å²) in [6, 6.07) is 7.76. The van der Waals surface area contributed by atoms with Crippen molar-refractivity contribution in [2.75, 3.05) is 50.6 Å². The third-order valence-electron chi connectivity index (χ3n) is 4.23. The first-order valence-corrected chi connectivity index (χ1v) is 9.10. The minimum Gasteiger partial charge on any atom is -0.378 e. The number of carbonyl (C=O) groups is 2. The molecule has 7 nitrogen and oxygen atoms in total. The van der Waals surface area contributed by atoms with Crippen molar-refractivity contribution in [2.24, 2.45) is 4.99 Å². The van der Waals surface area contributed by atoms with Crippen molar-refractivity contribution in [1.82, 2.24) is 4.90 Å². The van der Waals surface area contributed by atoms with Gasteiger partial charge < -0.3 is 15.0 Å². The van der Waals surface area contributed by atoms with Gasteiger partial charge in [0, 0.05) is 45.0 Å². The normalized spacial score (nSPS) is 22.6. The van der Waals surface area contributed by atoms with Crippen molar-refractivity contribution >= 4 is 40.1 Å². The van der Waals surface area contributed by atoms with E-state index in [-0.39, 0.29) is 18.2 Å². The summed E-state index contributed by atoms with van der Waals surface area (Å²) >= 11 is 1.33. The van der Waals surface area contributed by atoms with Gasteiger partial charge in [0.2, 0.25) is 11.8 Å². The van der Waals surface area contributed by atoms with Crippen LogP contribution in [0, 0.1) is 0 Å². The van der Waals surface area contributed by atoms with Crippen molar-refractivity contribution < 1.29 is 14.3 Å². The van der Waals surface area contributed by atoms with Gasteiger partial charge in [-0.25, -0.2) is 0 Å². The quantitative estimate of drug-likeness (QED) is 0.877. The summed E-state index contributed by atoms with van der Waals surface area (Å²) in [5.41, 5.74) is 1.85. The Labute approximate surface area is 151 Å². The molecule has 2 amide bonds. The average Bonchev–Trinajstić information content (AvgIpc) is 2.91. The number of amides is 2. The smallest absolute Gasteiger partial charge is 0.242 e. The Balaban J connectivity index is 1.55. The number of hydrogen-bond donors (Lipinski definition) is 1. The highest BCUT2D eigenvalue weighted by Crippen LogP contribution is 2.28. The second-order valence-electron chi connectivity index (χ2n) is 5.91. The van der Waals surface area contributed by atoms with E-state index in [0.717, 1.165) is 37.7 Å². The summed E-state index contributed by atoms with van der Waals surface area (Å²) in [5, 5.41) is 3.11. The molecule has 1 N–H and O–H groups in total. The SMILES string of the molecule is CN=C1S[C@@H](CC(=O)Nc2ccc(N3CCOCC3)cc2)C(=O)N1C. The summed E-state index contributed by atoms with van der Waals surface area (Å²) in [6.07, 6.45) is 0.137. The maximum absolute atomic E-state index is 12.2. The van der Waals surface area contributed by atoms with Crippen LogP contribution in [0.1, 0.15) is 6.42 Å². The molecule has 2 heterocycles. The first-order chi connectivity index (χ1) is 12.1. The lowest BCUT2D eigenvalue weighted by Crippen LogP contribution is -2.36. The van der Waals surface area contributed by atoms with Crippen LogP contribution in [0.15, 0.2) is 29.3 Å². The molecule has 0 aromatic heterocycles. The Bertz CT molecular complexity index is 671. The number of benzene rings is 1. The third-order valence-corrected chi connectivity index (χ3v) is 5.55. The van der Waals surface area contributed by atoms with Crippen LogP contribution in [0.25, 0.3) is 0 Å². The van der Waals surface area contributed by atoms with E-state index in [2.05, 4.69) is 15.2 Å². The maximum atomic E-state index is 12.2. The largest absolute Gasteiger partial charge is 0.378 e. The number of nitrogens with one attached hydrogen (secondary N) is 1. The van der Waals surface area contributed by atoms with Gasteiger partial charge in [0.15, 0.2) is 5.17 Å². The fourth-order valence-electron chi connectivity index (χ4n) is 2.86. The molecule has 0 saturated carbocycles. The Hall–Kier alpha value is -2.06. The molecular weight excluding hydrogens is 340 g/mol. The maximum Gasteiger partial charge on any atom is 0.242 e. The molecule has 25 heavy (non-hydrogen) atoms. The zero-order valence-corrected chi connectivity index (χ0v) is 15.2. The fourth-order valence-corrected chi connectivity index (χ4v) is 3.96. The number of ether oxygens (including phenoxy) is 1. The van der Waals surface area contributed by atoms with Gasteiger partial charge >= 0.3 is 0 Å². The van der Waals surface area contributed by atoms with Gasteiger partial charge in [0.1, 0.15) is 5.25 Å². The minimum absolute atomic E-state index is 0.0802. The second-order valence-corrected chi connectivity index (χ2v) is 7.08. The second kappa shape index (κ2) is 7.88. The molecule has 2 fully saturated rings. The van der Waals surface area contributed by atoms with Crippen molar-refractivity contribution in [3.8, 4) is 0 Å². The molecule has 1 aromatic rings. The van der Waals surface area contributed by atoms with Crippen molar-refractivity contribution in [3.63, 3.8) is 0 Å². The number of anilines is 2. The Morgan fingerprint density at radius 2 is 2.00 bits per heavy atom. The van der Waals surface area contributed by atoms with E-state index in [1.165, 1.54) is 16.7 Å². The van der Waals surface area contributed by atoms with Crippen LogP contribution in [0.5, 0.6) is 0 Å². The lowest BCUT2D eigenvalue weighted by atomic mass is 10.2. The summed E-state index contributed by atoms with van der Waals surface area (Å²) < 4.78 is 5.35. The number of hydrogen-bond acceptors (Lipinski definition) is 6. The number of carbonyl (C=O) groups excluding carboxylic acids is 2. The molecule has 2 aliphatic heterocycles. The first-order valence-electron chi connectivity index (χ1n) is 8.22. The monoisotopic (exact) mass is 362 g/mol. The van der Waals surface area contributed by atoms with Crippen LogP contribution in [0.2, 0.25) is 0 Å². The van der Waals surface area contributed by atoms with Crippen LogP contribution in [0.4, 0.5) is 11.4 Å². The van der Waals surface area contributed by atoms with E-state index < -0.39 is 5.25 Å². The van der Waals surface area contributed by atoms with Crippen molar-refractivity contribution in [1.29, 1.82) is 0 Å². The van der Waals surface area contributed by atoms with Gasteiger partial charge in [0.25, 0.3) is 0 Å². The molecular formula is C17H22N4O3S. The van der Waals surface area contributed by atoms with Crippen LogP contribution in [-0.4, -0.2) is 67.5 Å². The topological polar surface area (TPSA) is 74.2 Å². The van der Waals surface area contributed by atoms with E-state index in [4.69, 9.17) is 4.74 Å². The molecule has 0 radical (unpaired) electrons. The van der Waals surface area contributed by atoms with Gasteiger partial charge in [-0.1, -0.05) is 11.8 Å². The number of aliphatic imine (C=N–C) groups is 1. The average molecular weight is 362 g/mol. The van der Waals surface area contributed by atoms with Gasteiger partial charge in [-0.3, -0.25) is 19.5 Å². The van der Waals surface area contributed by atoms with Crippen molar-refractivity contribution in [3.05, 3.63) is 24.3 Å². The van der Waals surface area contributed by atoms with Gasteiger partial charge in [-0.2, -0.15) is 0 Å². The summed E-state index contributed by atoms with van der Waals surface area (Å²) in [6.45, 7) is 3.23. The zero-order valence-electron chi connectivity index (χ0n) is 14.4. The molecule has 1 aromatic carbocycles. The molecule has 3 rings (SSSR count). The van der Waals surface area contributed by atoms with Crippen LogP contribution in [0.3, 0.4) is 0 Å². The third kappa shape index (κ3) is 4.13. The molecule has 0 aliphatic carbocycles. The van der Waals surface area contributed by atoms with Crippen LogP contribution >= 0.6 is 11.8 Å². The van der Waals surface area contributed by atoms with Crippen LogP contribution < -0.4 is 10.2 Å². The van der Waals surface area contributed by atoms with E-state index in [0.29, 0.717) is 5.17 Å². The lowest BCUT2D eigenvalue weighted by Gasteiger charge is -2.28. The number of nitrogens with zero attached hydrogens (tertiary/aromatic N) is 3. The van der Waals surface area contributed by atoms with E-state index in [1.807, 2.05) is 24.3 Å². The zero-order chi connectivity index (χ0) is 17.8. The van der Waals surface area contributed by atoms with Gasteiger partial charge in [0.05, 0.1) is 13.2 Å². The van der Waals surface area contributed by atoms with Gasteiger partial charge in [-0.15, -0.1) is 0 Å². The number of morpholine rings is 1. The lowest BCUT2D eigenvalue weighted by molar-refractivity contribution is -0.127. The van der Waals surface area contributed by atoms with Gasteiger partial charge in [-0.05, 0) is 24.3 Å². The van der Waals surface area contributed by atoms with E-state index >= 15 is 0 Å². The molecule has 1 atom stereocenters. The minimum atomic E-state index is -0.406. The fraction of sp³-hybridized carbons (Fsp3) is 0.471. The molecule has 0 spiro atoms. The highest BCUT2D eigenvalue weighted by atomic mass is 32.2. The molecule has 134 valence electrons. The highest BCUT2D eigenvalue weighted by molar-refractivity contribution is 8.15. The number of thioether (sulfide) groups is 1. The number of rotatable bonds is 4. The predicted octanol–water partition coefficient (Wildman–Crippen LogP) is 1.41. The molecule has 0 unspecified atom stereocenters. The summed E-state index contributed by atoms with van der Waals surface area (Å²) in [5.74, 6) is -0.251. The molecule has 2 aliphatic rings. The molecule has 8 heteroatoms. The predicted molar refractivity (Wildman–Crippen MR) is 100 cm³/mol. The number of amidine groups is 1. The Kier molecular flexibility index (Phi) is 5.60. The standard InChI is InChI=1S/C17H22N4O3S/c1-18-17-20(2)16(23)14(25-17)11-15(22)19-12-3-5-13(6-4-12)21-7-9-24-10-8-21/h3-6,14H,7-11H2,1-2H3,(H,19,22)/t14-/m0/s1. The van der Waals surface area contributed by atoms with E-state index in [1.54, 1.807) is 14.1 Å². The highest BCUT2D eigenvalue weighted by Gasteiger charge is 2.36. The molecule has 0 bridgehead atoms. The summed E-state index contributed by atoms with van der Waals surface area (Å²) in [7, 11) is 3.32. The molecule has 2 saturated heterocycles.